The van der Waals surface area contributed by atoms with Gasteiger partial charge >= 0.3 is 10.1 Å². The van der Waals surface area contributed by atoms with Crippen molar-refractivity contribution in [3.63, 3.8) is 0 Å². The molecule has 8 heteroatoms. The predicted molar refractivity (Wildman–Crippen MR) is 131 cm³/mol. The van der Waals surface area contributed by atoms with E-state index in [1.54, 1.807) is 61.5 Å². The quantitative estimate of drug-likeness (QED) is 0.262. The molecule has 0 aliphatic heterocycles. The lowest BCUT2D eigenvalue weighted by molar-refractivity contribution is 0.416. The molecule has 33 heavy (non-hydrogen) atoms. The fourth-order valence-corrected chi connectivity index (χ4v) is 4.95. The van der Waals surface area contributed by atoms with Crippen molar-refractivity contribution < 1.29 is 21.0 Å². The van der Waals surface area contributed by atoms with Crippen LogP contribution in [0.1, 0.15) is 23.6 Å². The van der Waals surface area contributed by atoms with Crippen LogP contribution in [0.5, 0.6) is 0 Å². The van der Waals surface area contributed by atoms with E-state index in [1.807, 2.05) is 13.8 Å². The molecule has 172 valence electrons. The van der Waals surface area contributed by atoms with E-state index >= 15 is 0 Å². The molecule has 0 bridgehead atoms. The number of allylic oxidation sites excluding steroid dienone is 1. The lowest BCUT2D eigenvalue weighted by Gasteiger charge is -2.13. The van der Waals surface area contributed by atoms with Gasteiger partial charge < -0.3 is 4.18 Å². The first-order valence-electron chi connectivity index (χ1n) is 10.1. The van der Waals surface area contributed by atoms with Crippen molar-refractivity contribution in [1.29, 1.82) is 0 Å². The van der Waals surface area contributed by atoms with Gasteiger partial charge in [-0.15, -0.1) is 0 Å². The van der Waals surface area contributed by atoms with E-state index in [2.05, 4.69) is 11.3 Å². The molecular weight excluding hydrogens is 458 g/mol. The van der Waals surface area contributed by atoms with E-state index in [4.69, 9.17) is 4.18 Å². The van der Waals surface area contributed by atoms with Gasteiger partial charge in [-0.3, -0.25) is 4.72 Å². The Labute approximate surface area is 195 Å². The number of benzene rings is 3. The molecule has 0 unspecified atom stereocenters. The molecule has 3 rings (SSSR count). The highest BCUT2D eigenvalue weighted by molar-refractivity contribution is 7.92. The summed E-state index contributed by atoms with van der Waals surface area (Å²) < 4.78 is 58.5. The average Bonchev–Trinajstić information content (AvgIpc) is 2.75. The van der Waals surface area contributed by atoms with Crippen LogP contribution in [0.25, 0.3) is 6.08 Å². The standard InChI is InChI=1S/C25H25NO5S2/c1-18-9-13-23(14-10-18)32(27,28)26-25-8-6-5-7-22(25)17-20(3)21(4)31-33(29,30)24-15-11-19(2)12-16-24/h5-17,26H,4H2,1-3H3/b20-17+. The second-order valence-electron chi connectivity index (χ2n) is 7.61. The van der Waals surface area contributed by atoms with Crippen molar-refractivity contribution in [2.75, 3.05) is 4.72 Å². The molecule has 3 aromatic carbocycles. The number of hydrogen-bond acceptors (Lipinski definition) is 5. The number of aryl methyl sites for hydroxylation is 2. The first-order valence-corrected chi connectivity index (χ1v) is 12.9. The van der Waals surface area contributed by atoms with Crippen LogP contribution in [0, 0.1) is 13.8 Å². The van der Waals surface area contributed by atoms with Crippen molar-refractivity contribution in [2.45, 2.75) is 30.6 Å². The highest BCUT2D eigenvalue weighted by Gasteiger charge is 2.19. The van der Waals surface area contributed by atoms with Crippen molar-refractivity contribution in [1.82, 2.24) is 0 Å². The Kier molecular flexibility index (Phi) is 7.09. The second kappa shape index (κ2) is 9.64. The van der Waals surface area contributed by atoms with E-state index in [0.29, 0.717) is 16.8 Å². The van der Waals surface area contributed by atoms with Gasteiger partial charge in [-0.1, -0.05) is 60.2 Å². The van der Waals surface area contributed by atoms with Crippen LogP contribution in [-0.2, 0) is 24.3 Å². The summed E-state index contributed by atoms with van der Waals surface area (Å²) in [4.78, 5) is 0.161. The van der Waals surface area contributed by atoms with Gasteiger partial charge in [0.05, 0.1) is 10.6 Å². The summed E-state index contributed by atoms with van der Waals surface area (Å²) in [6.45, 7) is 9.10. The van der Waals surface area contributed by atoms with E-state index in [9.17, 15) is 16.8 Å². The van der Waals surface area contributed by atoms with E-state index in [0.717, 1.165) is 11.1 Å². The molecule has 0 saturated carbocycles. The monoisotopic (exact) mass is 483 g/mol. The van der Waals surface area contributed by atoms with Gasteiger partial charge in [-0.2, -0.15) is 8.42 Å². The zero-order valence-electron chi connectivity index (χ0n) is 18.6. The van der Waals surface area contributed by atoms with Gasteiger partial charge in [0.2, 0.25) is 0 Å². The lowest BCUT2D eigenvalue weighted by atomic mass is 10.1. The van der Waals surface area contributed by atoms with Crippen molar-refractivity contribution in [3.8, 4) is 0 Å². The number of rotatable bonds is 8. The van der Waals surface area contributed by atoms with Gasteiger partial charge in [0.1, 0.15) is 10.7 Å². The minimum atomic E-state index is -4.04. The fourth-order valence-electron chi connectivity index (χ4n) is 2.90. The molecule has 0 spiro atoms. The second-order valence-corrected chi connectivity index (χ2v) is 10.8. The van der Waals surface area contributed by atoms with Gasteiger partial charge in [-0.25, -0.2) is 8.42 Å². The summed E-state index contributed by atoms with van der Waals surface area (Å²) in [5, 5.41) is 0. The summed E-state index contributed by atoms with van der Waals surface area (Å²) in [6.07, 6.45) is 1.61. The van der Waals surface area contributed by atoms with Crippen LogP contribution in [0.15, 0.2) is 100 Å². The van der Waals surface area contributed by atoms with Crippen LogP contribution < -0.4 is 4.72 Å². The Morgan fingerprint density at radius 1 is 0.818 bits per heavy atom. The summed E-state index contributed by atoms with van der Waals surface area (Å²) in [5.74, 6) is -0.0632. The van der Waals surface area contributed by atoms with E-state index in [-0.39, 0.29) is 15.6 Å². The summed E-state index contributed by atoms with van der Waals surface area (Å²) >= 11 is 0. The summed E-state index contributed by atoms with van der Waals surface area (Å²) in [7, 11) is -7.85. The van der Waals surface area contributed by atoms with Crippen LogP contribution in [0.4, 0.5) is 5.69 Å². The predicted octanol–water partition coefficient (Wildman–Crippen LogP) is 5.43. The maximum Gasteiger partial charge on any atom is 0.339 e. The van der Waals surface area contributed by atoms with Crippen molar-refractivity contribution >= 4 is 31.9 Å². The Bertz CT molecular complexity index is 1400. The van der Waals surface area contributed by atoms with Crippen molar-refractivity contribution in [2.24, 2.45) is 0 Å². The molecule has 0 aliphatic rings. The normalized spacial score (nSPS) is 12.3. The van der Waals surface area contributed by atoms with Gasteiger partial charge in [0.25, 0.3) is 10.0 Å². The maximum absolute atomic E-state index is 12.8. The number of sulfonamides is 1. The molecule has 3 aromatic rings. The van der Waals surface area contributed by atoms with Crippen molar-refractivity contribution in [3.05, 3.63) is 107 Å². The molecule has 0 radical (unpaired) electrons. The number of anilines is 1. The largest absolute Gasteiger partial charge is 0.379 e. The maximum atomic E-state index is 12.8. The minimum Gasteiger partial charge on any atom is -0.379 e. The van der Waals surface area contributed by atoms with Crippen LogP contribution >= 0.6 is 0 Å². The average molecular weight is 484 g/mol. The summed E-state index contributed by atoms with van der Waals surface area (Å²) in [6, 6.07) is 19.6. The number of hydrogen-bond donors (Lipinski definition) is 1. The zero-order valence-corrected chi connectivity index (χ0v) is 20.2. The highest BCUT2D eigenvalue weighted by Crippen LogP contribution is 2.26. The fraction of sp³-hybridized carbons (Fsp3) is 0.120. The third kappa shape index (κ3) is 6.12. The first kappa shape index (κ1) is 24.3. The number of para-hydroxylation sites is 1. The van der Waals surface area contributed by atoms with E-state index in [1.165, 1.54) is 24.3 Å². The topological polar surface area (TPSA) is 89.5 Å². The summed E-state index contributed by atoms with van der Waals surface area (Å²) in [5.41, 5.74) is 3.17. The molecule has 6 nitrogen and oxygen atoms in total. The molecule has 0 heterocycles. The molecule has 0 aromatic heterocycles. The number of nitrogens with one attached hydrogen (secondary N) is 1. The smallest absolute Gasteiger partial charge is 0.339 e. The molecule has 0 aliphatic carbocycles. The molecule has 0 amide bonds. The van der Waals surface area contributed by atoms with Crippen LogP contribution in [-0.4, -0.2) is 16.8 Å². The third-order valence-electron chi connectivity index (χ3n) is 4.87. The minimum absolute atomic E-state index is 0.0216. The first-order chi connectivity index (χ1) is 15.5. The molecule has 1 N–H and O–H groups in total. The van der Waals surface area contributed by atoms with E-state index < -0.39 is 20.1 Å². The van der Waals surface area contributed by atoms with Gasteiger partial charge in [-0.05, 0) is 68.3 Å². The molecule has 0 atom stereocenters. The van der Waals surface area contributed by atoms with Gasteiger partial charge in [0, 0.05) is 0 Å². The molecular formula is C25H25NO5S2. The molecule has 0 fully saturated rings. The van der Waals surface area contributed by atoms with Gasteiger partial charge in [0.15, 0.2) is 0 Å². The lowest BCUT2D eigenvalue weighted by Crippen LogP contribution is -2.13. The highest BCUT2D eigenvalue weighted by atomic mass is 32.2. The SMILES string of the molecule is C=C(OS(=O)(=O)c1ccc(C)cc1)/C(C)=C/c1ccccc1NS(=O)(=O)c1ccc(C)cc1. The Hall–Kier alpha value is -3.36. The Morgan fingerprint density at radius 2 is 1.33 bits per heavy atom. The third-order valence-corrected chi connectivity index (χ3v) is 7.52. The molecule has 0 saturated heterocycles. The van der Waals surface area contributed by atoms with Crippen LogP contribution in [0.3, 0.4) is 0 Å². The Balaban J connectivity index is 1.84. The Morgan fingerprint density at radius 3 is 1.91 bits per heavy atom. The zero-order chi connectivity index (χ0) is 24.2. The van der Waals surface area contributed by atoms with Crippen LogP contribution in [0.2, 0.25) is 0 Å².